The maximum absolute atomic E-state index is 5.47. The van der Waals surface area contributed by atoms with Gasteiger partial charge >= 0.3 is 0 Å². The van der Waals surface area contributed by atoms with Crippen molar-refractivity contribution < 1.29 is 0 Å². The van der Waals surface area contributed by atoms with Crippen LogP contribution in [0.2, 0.25) is 0 Å². The Morgan fingerprint density at radius 2 is 0.852 bits per heavy atom. The highest BCUT2D eigenvalue weighted by Gasteiger charge is 2.31. The zero-order chi connectivity index (χ0) is 40.0. The predicted molar refractivity (Wildman–Crippen MR) is 253 cm³/mol. The highest BCUT2D eigenvalue weighted by Crippen LogP contribution is 2.54. The highest BCUT2D eigenvalue weighted by molar-refractivity contribution is 6.35. The van der Waals surface area contributed by atoms with Crippen molar-refractivity contribution in [3.63, 3.8) is 0 Å². The Hall–Kier alpha value is -8.28. The van der Waals surface area contributed by atoms with Gasteiger partial charge in [0, 0.05) is 49.3 Å². The summed E-state index contributed by atoms with van der Waals surface area (Å²) < 4.78 is 4.92. The molecule has 61 heavy (non-hydrogen) atoms. The third-order valence-corrected chi connectivity index (χ3v) is 12.4. The topological polar surface area (TPSA) is 38.9 Å². The molecule has 5 heteroatoms. The molecule has 0 bridgehead atoms. The Bertz CT molecular complexity index is 3620. The summed E-state index contributed by atoms with van der Waals surface area (Å²) in [5.74, 6) is 0.688. The van der Waals surface area contributed by atoms with E-state index in [0.29, 0.717) is 5.82 Å². The zero-order valence-corrected chi connectivity index (χ0v) is 32.9. The summed E-state index contributed by atoms with van der Waals surface area (Å²) in [6.07, 6.45) is 0. The Morgan fingerprint density at radius 3 is 1.49 bits per heavy atom. The molecule has 0 amide bonds. The first-order valence-electron chi connectivity index (χ1n) is 20.8. The number of rotatable bonds is 5. The molecule has 0 radical (unpaired) electrons. The van der Waals surface area contributed by atoms with Crippen LogP contribution in [0.4, 0.5) is 17.1 Å². The van der Waals surface area contributed by atoms with E-state index in [0.717, 1.165) is 67.5 Å². The van der Waals surface area contributed by atoms with Crippen LogP contribution < -0.4 is 4.90 Å². The van der Waals surface area contributed by atoms with Gasteiger partial charge in [-0.05, 0) is 53.9 Å². The molecular formula is C56H35N5. The third kappa shape index (κ3) is 4.89. The minimum atomic E-state index is 0.688. The van der Waals surface area contributed by atoms with Gasteiger partial charge in [0.2, 0.25) is 0 Å². The average molecular weight is 778 g/mol. The molecule has 0 unspecified atom stereocenters. The molecule has 284 valence electrons. The van der Waals surface area contributed by atoms with Crippen LogP contribution in [0.1, 0.15) is 0 Å². The summed E-state index contributed by atoms with van der Waals surface area (Å²) in [4.78, 5) is 13.4. The quantitative estimate of drug-likeness (QED) is 0.175. The van der Waals surface area contributed by atoms with Gasteiger partial charge in [0.05, 0.1) is 56.2 Å². The second kappa shape index (κ2) is 13.1. The summed E-state index contributed by atoms with van der Waals surface area (Å²) in [6, 6.07) is 75.8. The lowest BCUT2D eigenvalue weighted by Crippen LogP contribution is -2.18. The van der Waals surface area contributed by atoms with Gasteiger partial charge in [0.15, 0.2) is 5.82 Å². The second-order valence-electron chi connectivity index (χ2n) is 15.7. The van der Waals surface area contributed by atoms with Gasteiger partial charge in [-0.3, -0.25) is 0 Å². The fourth-order valence-electron chi connectivity index (χ4n) is 9.88. The minimum absolute atomic E-state index is 0.688. The molecule has 0 N–H and O–H groups in total. The fraction of sp³-hybridized carbons (Fsp3) is 0. The number of hydrogen-bond acceptors (Lipinski definition) is 3. The third-order valence-electron chi connectivity index (χ3n) is 12.4. The molecule has 3 aromatic heterocycles. The van der Waals surface area contributed by atoms with E-state index in [2.05, 4.69) is 220 Å². The number of anilines is 3. The standard InChI is InChI=1S/C56H35N5/c1-5-19-36(20-6-1)52-55(53(37-21-7-2-8-22-37)58-56(57-52)38-23-9-3-10-24-38)61-43-29-15-13-27-41(43)50-47(61)34-33-39-35-48-54-51(49(39)50)42-28-14-16-30-44(42)60(54)46-32-18-17-31-45(46)59(48)40-25-11-4-12-26-40/h1-35H. The number of fused-ring (bicyclic) bond motifs is 11. The maximum Gasteiger partial charge on any atom is 0.160 e. The molecule has 1 aliphatic heterocycles. The molecule has 0 aliphatic carbocycles. The van der Waals surface area contributed by atoms with Gasteiger partial charge in [0.1, 0.15) is 0 Å². The van der Waals surface area contributed by atoms with Crippen molar-refractivity contribution >= 4 is 71.4 Å². The Morgan fingerprint density at radius 1 is 0.344 bits per heavy atom. The van der Waals surface area contributed by atoms with E-state index in [1.807, 2.05) is 6.07 Å². The number of aromatic nitrogens is 4. The predicted octanol–water partition coefficient (Wildman–Crippen LogP) is 14.6. The van der Waals surface area contributed by atoms with Gasteiger partial charge in [-0.25, -0.2) is 9.97 Å². The number of hydrogen-bond donors (Lipinski definition) is 0. The Labute approximate surface area is 351 Å². The first-order chi connectivity index (χ1) is 30.3. The molecule has 0 atom stereocenters. The van der Waals surface area contributed by atoms with Crippen LogP contribution in [0, 0.1) is 0 Å². The molecule has 13 rings (SSSR count). The summed E-state index contributed by atoms with van der Waals surface area (Å²) in [5.41, 5.74) is 14.9. The van der Waals surface area contributed by atoms with Crippen molar-refractivity contribution in [2.75, 3.05) is 4.90 Å². The molecule has 12 aromatic rings. The maximum atomic E-state index is 5.47. The van der Waals surface area contributed by atoms with Crippen molar-refractivity contribution in [1.29, 1.82) is 0 Å². The van der Waals surface area contributed by atoms with Crippen molar-refractivity contribution in [3.8, 4) is 45.3 Å². The van der Waals surface area contributed by atoms with Crippen LogP contribution in [-0.2, 0) is 0 Å². The lowest BCUT2D eigenvalue weighted by atomic mass is 9.96. The van der Waals surface area contributed by atoms with Gasteiger partial charge in [-0.1, -0.05) is 164 Å². The van der Waals surface area contributed by atoms with Gasteiger partial charge in [-0.2, -0.15) is 0 Å². The van der Waals surface area contributed by atoms with Crippen LogP contribution in [0.15, 0.2) is 212 Å². The summed E-state index contributed by atoms with van der Waals surface area (Å²) in [6.45, 7) is 0. The normalized spacial score (nSPS) is 12.2. The SMILES string of the molecule is c1ccc(-c2nc(-c3ccccc3)c(-n3c4ccccc4c4c5c(ccc43)cc3c4c5c5ccccc5n4-c4ccccc4N3c3ccccc3)c(-c3ccccc3)n2)cc1. The Kier molecular flexibility index (Phi) is 7.24. The lowest BCUT2D eigenvalue weighted by molar-refractivity contribution is 1.09. The highest BCUT2D eigenvalue weighted by atomic mass is 15.2. The van der Waals surface area contributed by atoms with Crippen LogP contribution in [-0.4, -0.2) is 19.1 Å². The first-order valence-corrected chi connectivity index (χ1v) is 20.8. The summed E-state index contributed by atoms with van der Waals surface area (Å²) in [5, 5.41) is 7.27. The molecule has 5 nitrogen and oxygen atoms in total. The number of para-hydroxylation sites is 5. The average Bonchev–Trinajstić information content (AvgIpc) is 3.86. The molecule has 0 saturated carbocycles. The van der Waals surface area contributed by atoms with E-state index in [1.165, 1.54) is 43.4 Å². The smallest absolute Gasteiger partial charge is 0.160 e. The van der Waals surface area contributed by atoms with Crippen molar-refractivity contribution in [2.24, 2.45) is 0 Å². The molecule has 0 spiro atoms. The summed E-state index contributed by atoms with van der Waals surface area (Å²) in [7, 11) is 0. The van der Waals surface area contributed by atoms with E-state index in [9.17, 15) is 0 Å². The van der Waals surface area contributed by atoms with Crippen molar-refractivity contribution in [2.45, 2.75) is 0 Å². The fourth-order valence-corrected chi connectivity index (χ4v) is 9.88. The van der Waals surface area contributed by atoms with Crippen molar-refractivity contribution in [1.82, 2.24) is 19.1 Å². The molecule has 9 aromatic carbocycles. The molecule has 0 saturated heterocycles. The lowest BCUT2D eigenvalue weighted by Gasteiger charge is -2.33. The van der Waals surface area contributed by atoms with E-state index in [1.54, 1.807) is 0 Å². The summed E-state index contributed by atoms with van der Waals surface area (Å²) >= 11 is 0. The molecule has 4 heterocycles. The second-order valence-corrected chi connectivity index (χ2v) is 15.7. The Balaban J connectivity index is 1.22. The van der Waals surface area contributed by atoms with E-state index >= 15 is 0 Å². The minimum Gasteiger partial charge on any atom is -0.306 e. The van der Waals surface area contributed by atoms with Crippen LogP contribution >= 0.6 is 0 Å². The van der Waals surface area contributed by atoms with Crippen LogP contribution in [0.5, 0.6) is 0 Å². The zero-order valence-electron chi connectivity index (χ0n) is 32.9. The monoisotopic (exact) mass is 777 g/mol. The van der Waals surface area contributed by atoms with E-state index in [-0.39, 0.29) is 0 Å². The van der Waals surface area contributed by atoms with Gasteiger partial charge in [-0.15, -0.1) is 0 Å². The molecule has 0 fully saturated rings. The van der Waals surface area contributed by atoms with Gasteiger partial charge in [0.25, 0.3) is 0 Å². The number of nitrogens with zero attached hydrogens (tertiary/aromatic N) is 5. The van der Waals surface area contributed by atoms with E-state index in [4.69, 9.17) is 9.97 Å². The molecule has 1 aliphatic rings. The number of benzene rings is 9. The molecular weight excluding hydrogens is 743 g/mol. The largest absolute Gasteiger partial charge is 0.306 e. The van der Waals surface area contributed by atoms with E-state index < -0.39 is 0 Å². The van der Waals surface area contributed by atoms with Crippen LogP contribution in [0.25, 0.3) is 99.7 Å². The first kappa shape index (κ1) is 33.7. The van der Waals surface area contributed by atoms with Crippen LogP contribution in [0.3, 0.4) is 0 Å². The van der Waals surface area contributed by atoms with Gasteiger partial charge < -0.3 is 14.0 Å². The van der Waals surface area contributed by atoms with Crippen molar-refractivity contribution in [3.05, 3.63) is 212 Å².